The SMILES string of the molecule is O=C(NC[C@H]1CCCO1)[C@H]1c2ccccc2CC(=O)N1Cc1ccccc1. The first-order chi connectivity index (χ1) is 13.2. The fourth-order valence-corrected chi connectivity index (χ4v) is 3.90. The predicted molar refractivity (Wildman–Crippen MR) is 102 cm³/mol. The van der Waals surface area contributed by atoms with Gasteiger partial charge in [0.05, 0.1) is 12.5 Å². The lowest BCUT2D eigenvalue weighted by Crippen LogP contribution is -2.48. The van der Waals surface area contributed by atoms with E-state index in [0.29, 0.717) is 19.5 Å². The van der Waals surface area contributed by atoms with Crippen molar-refractivity contribution in [3.8, 4) is 0 Å². The summed E-state index contributed by atoms with van der Waals surface area (Å²) in [6.45, 7) is 1.67. The van der Waals surface area contributed by atoms with E-state index in [-0.39, 0.29) is 17.9 Å². The minimum absolute atomic E-state index is 0.0187. The smallest absolute Gasteiger partial charge is 0.247 e. The molecule has 1 fully saturated rings. The third kappa shape index (κ3) is 3.88. The lowest BCUT2D eigenvalue weighted by Gasteiger charge is -2.36. The van der Waals surface area contributed by atoms with Crippen molar-refractivity contribution in [2.24, 2.45) is 0 Å². The minimum Gasteiger partial charge on any atom is -0.376 e. The third-order valence-corrected chi connectivity index (χ3v) is 5.30. The van der Waals surface area contributed by atoms with Gasteiger partial charge in [0.1, 0.15) is 6.04 Å². The Morgan fingerprint density at radius 3 is 2.67 bits per heavy atom. The summed E-state index contributed by atoms with van der Waals surface area (Å²) in [5, 5.41) is 3.01. The monoisotopic (exact) mass is 364 g/mol. The van der Waals surface area contributed by atoms with Crippen LogP contribution in [0, 0.1) is 0 Å². The van der Waals surface area contributed by atoms with E-state index in [4.69, 9.17) is 4.74 Å². The molecular weight excluding hydrogens is 340 g/mol. The van der Waals surface area contributed by atoms with Crippen LogP contribution >= 0.6 is 0 Å². The average molecular weight is 364 g/mol. The highest BCUT2D eigenvalue weighted by Crippen LogP contribution is 2.32. The third-order valence-electron chi connectivity index (χ3n) is 5.30. The summed E-state index contributed by atoms with van der Waals surface area (Å²) >= 11 is 0. The van der Waals surface area contributed by atoms with Gasteiger partial charge in [0.25, 0.3) is 0 Å². The maximum atomic E-state index is 13.1. The largest absolute Gasteiger partial charge is 0.376 e. The summed E-state index contributed by atoms with van der Waals surface area (Å²) in [5.74, 6) is -0.156. The first-order valence-electron chi connectivity index (χ1n) is 9.53. The Labute approximate surface area is 159 Å². The van der Waals surface area contributed by atoms with Crippen LogP contribution in [0.25, 0.3) is 0 Å². The molecule has 2 aliphatic heterocycles. The van der Waals surface area contributed by atoms with E-state index in [1.54, 1.807) is 4.90 Å². The molecule has 2 amide bonds. The number of hydrogen-bond donors (Lipinski definition) is 1. The number of carbonyl (C=O) groups excluding carboxylic acids is 2. The van der Waals surface area contributed by atoms with E-state index in [0.717, 1.165) is 36.1 Å². The van der Waals surface area contributed by atoms with E-state index in [9.17, 15) is 9.59 Å². The Balaban J connectivity index is 1.59. The van der Waals surface area contributed by atoms with Crippen molar-refractivity contribution >= 4 is 11.8 Å². The number of ether oxygens (including phenoxy) is 1. The standard InChI is InChI=1S/C22H24N2O3/c25-20-13-17-9-4-5-11-19(17)21(22(26)23-14-18-10-6-12-27-18)24(20)15-16-7-2-1-3-8-16/h1-5,7-9,11,18,21H,6,10,12-15H2,(H,23,26)/t18-,21-/m1/s1. The molecule has 1 saturated heterocycles. The summed E-state index contributed by atoms with van der Waals surface area (Å²) in [7, 11) is 0. The second-order valence-electron chi connectivity index (χ2n) is 7.17. The Morgan fingerprint density at radius 2 is 1.89 bits per heavy atom. The molecule has 0 radical (unpaired) electrons. The zero-order chi connectivity index (χ0) is 18.6. The molecule has 140 valence electrons. The number of fused-ring (bicyclic) bond motifs is 1. The van der Waals surface area contributed by atoms with E-state index >= 15 is 0 Å². The van der Waals surface area contributed by atoms with Crippen molar-refractivity contribution in [2.75, 3.05) is 13.2 Å². The van der Waals surface area contributed by atoms with E-state index in [2.05, 4.69) is 5.32 Å². The van der Waals surface area contributed by atoms with Gasteiger partial charge in [-0.2, -0.15) is 0 Å². The minimum atomic E-state index is -0.607. The summed E-state index contributed by atoms with van der Waals surface area (Å²) < 4.78 is 5.61. The Hall–Kier alpha value is -2.66. The summed E-state index contributed by atoms with van der Waals surface area (Å²) in [5.41, 5.74) is 2.86. The van der Waals surface area contributed by atoms with Gasteiger partial charge >= 0.3 is 0 Å². The van der Waals surface area contributed by atoms with Crippen LogP contribution in [-0.2, 0) is 27.3 Å². The lowest BCUT2D eigenvalue weighted by molar-refractivity contribution is -0.142. The van der Waals surface area contributed by atoms with Crippen LogP contribution in [0.15, 0.2) is 54.6 Å². The number of rotatable bonds is 5. The normalized spacial score (nSPS) is 21.8. The van der Waals surface area contributed by atoms with Crippen molar-refractivity contribution in [3.63, 3.8) is 0 Å². The number of benzene rings is 2. The number of nitrogens with zero attached hydrogens (tertiary/aromatic N) is 1. The quantitative estimate of drug-likeness (QED) is 0.887. The van der Waals surface area contributed by atoms with Gasteiger partial charge in [0.15, 0.2) is 0 Å². The highest BCUT2D eigenvalue weighted by molar-refractivity contribution is 5.92. The maximum Gasteiger partial charge on any atom is 0.247 e. The van der Waals surface area contributed by atoms with Crippen molar-refractivity contribution < 1.29 is 14.3 Å². The fourth-order valence-electron chi connectivity index (χ4n) is 3.90. The van der Waals surface area contributed by atoms with Gasteiger partial charge in [-0.1, -0.05) is 54.6 Å². The van der Waals surface area contributed by atoms with Gasteiger partial charge in [-0.15, -0.1) is 0 Å². The Morgan fingerprint density at radius 1 is 1.11 bits per heavy atom. The molecule has 27 heavy (non-hydrogen) atoms. The molecule has 0 unspecified atom stereocenters. The number of amides is 2. The highest BCUT2D eigenvalue weighted by Gasteiger charge is 2.37. The van der Waals surface area contributed by atoms with Crippen molar-refractivity contribution in [3.05, 3.63) is 71.3 Å². The zero-order valence-electron chi connectivity index (χ0n) is 15.3. The Kier molecular flexibility index (Phi) is 5.21. The van der Waals surface area contributed by atoms with Crippen molar-refractivity contribution in [2.45, 2.75) is 38.0 Å². The van der Waals surface area contributed by atoms with Crippen LogP contribution in [-0.4, -0.2) is 36.0 Å². The molecule has 0 bridgehead atoms. The molecule has 2 aromatic carbocycles. The molecule has 0 saturated carbocycles. The van der Waals surface area contributed by atoms with Crippen LogP contribution < -0.4 is 5.32 Å². The van der Waals surface area contributed by atoms with Crippen LogP contribution in [0.2, 0.25) is 0 Å². The van der Waals surface area contributed by atoms with E-state index < -0.39 is 6.04 Å². The molecular formula is C22H24N2O3. The van der Waals surface area contributed by atoms with Crippen LogP contribution in [0.1, 0.15) is 35.6 Å². The second-order valence-corrected chi connectivity index (χ2v) is 7.17. The molecule has 2 heterocycles. The van der Waals surface area contributed by atoms with Crippen molar-refractivity contribution in [1.29, 1.82) is 0 Å². The molecule has 2 atom stereocenters. The van der Waals surface area contributed by atoms with Crippen LogP contribution in [0.3, 0.4) is 0 Å². The van der Waals surface area contributed by atoms with Crippen molar-refractivity contribution in [1.82, 2.24) is 10.2 Å². The first kappa shape index (κ1) is 17.7. The second kappa shape index (κ2) is 7.92. The molecule has 1 N–H and O–H groups in total. The Bertz CT molecular complexity index is 815. The lowest BCUT2D eigenvalue weighted by atomic mass is 9.91. The summed E-state index contributed by atoms with van der Waals surface area (Å²) in [6, 6.07) is 16.9. The highest BCUT2D eigenvalue weighted by atomic mass is 16.5. The van der Waals surface area contributed by atoms with Gasteiger partial charge < -0.3 is 15.0 Å². The molecule has 2 aromatic rings. The van der Waals surface area contributed by atoms with Gasteiger partial charge in [0.2, 0.25) is 11.8 Å². The first-order valence-corrected chi connectivity index (χ1v) is 9.53. The topological polar surface area (TPSA) is 58.6 Å². The van der Waals surface area contributed by atoms with Crippen LogP contribution in [0.4, 0.5) is 0 Å². The maximum absolute atomic E-state index is 13.1. The molecule has 4 rings (SSSR count). The molecule has 0 spiro atoms. The molecule has 0 aromatic heterocycles. The van der Waals surface area contributed by atoms with Gasteiger partial charge in [0, 0.05) is 19.7 Å². The van der Waals surface area contributed by atoms with E-state index in [1.807, 2.05) is 54.6 Å². The molecule has 5 heteroatoms. The van der Waals surface area contributed by atoms with Gasteiger partial charge in [-0.3, -0.25) is 9.59 Å². The average Bonchev–Trinajstić information content (AvgIpc) is 3.21. The molecule has 0 aliphatic carbocycles. The molecule has 2 aliphatic rings. The van der Waals surface area contributed by atoms with Gasteiger partial charge in [-0.25, -0.2) is 0 Å². The number of carbonyl (C=O) groups is 2. The number of hydrogen-bond acceptors (Lipinski definition) is 3. The predicted octanol–water partition coefficient (Wildman–Crippen LogP) is 2.61. The van der Waals surface area contributed by atoms with E-state index in [1.165, 1.54) is 0 Å². The summed E-state index contributed by atoms with van der Waals surface area (Å²) in [6.07, 6.45) is 2.41. The van der Waals surface area contributed by atoms with Crippen LogP contribution in [0.5, 0.6) is 0 Å². The number of nitrogens with one attached hydrogen (secondary N) is 1. The molecule has 5 nitrogen and oxygen atoms in total. The van der Waals surface area contributed by atoms with Gasteiger partial charge in [-0.05, 0) is 29.5 Å². The zero-order valence-corrected chi connectivity index (χ0v) is 15.3. The fraction of sp³-hybridized carbons (Fsp3) is 0.364. The summed E-state index contributed by atoms with van der Waals surface area (Å²) in [4.78, 5) is 27.7.